The summed E-state index contributed by atoms with van der Waals surface area (Å²) >= 11 is 0. The largest absolute Gasteiger partial charge is 0.481 e. The third-order valence-electron chi connectivity index (χ3n) is 4.40. The second kappa shape index (κ2) is 8.35. The number of hydrogen-bond donors (Lipinski definition) is 2. The number of rotatable bonds is 7. The van der Waals surface area contributed by atoms with Gasteiger partial charge in [0.15, 0.2) is 9.84 Å². The van der Waals surface area contributed by atoms with E-state index < -0.39 is 38.9 Å². The molecule has 0 heterocycles. The first-order valence-electron chi connectivity index (χ1n) is 8.57. The van der Waals surface area contributed by atoms with Crippen molar-refractivity contribution < 1.29 is 23.1 Å². The van der Waals surface area contributed by atoms with E-state index in [0.29, 0.717) is 5.56 Å². The van der Waals surface area contributed by atoms with Gasteiger partial charge in [-0.15, -0.1) is 0 Å². The molecule has 2 unspecified atom stereocenters. The molecule has 2 rings (SSSR count). The van der Waals surface area contributed by atoms with Crippen LogP contribution in [-0.4, -0.2) is 30.7 Å². The van der Waals surface area contributed by atoms with Crippen molar-refractivity contribution >= 4 is 21.7 Å². The molecule has 27 heavy (non-hydrogen) atoms. The highest BCUT2D eigenvalue weighted by atomic mass is 32.2. The average molecular weight is 389 g/mol. The van der Waals surface area contributed by atoms with E-state index in [1.807, 2.05) is 6.07 Å². The Balaban J connectivity index is 2.26. The summed E-state index contributed by atoms with van der Waals surface area (Å²) in [5.41, 5.74) is 0.941. The van der Waals surface area contributed by atoms with Gasteiger partial charge in [-0.1, -0.05) is 30.3 Å². The Labute approximate surface area is 159 Å². The average Bonchev–Trinajstić information content (AvgIpc) is 2.66. The Kier molecular flexibility index (Phi) is 6.38. The number of carbonyl (C=O) groups excluding carboxylic acids is 1. The molecule has 0 radical (unpaired) electrons. The molecule has 2 atom stereocenters. The molecule has 6 nitrogen and oxygen atoms in total. The van der Waals surface area contributed by atoms with Crippen molar-refractivity contribution in [1.29, 1.82) is 0 Å². The van der Waals surface area contributed by atoms with Crippen LogP contribution in [-0.2, 0) is 14.6 Å². The molecule has 0 aliphatic carbocycles. The topological polar surface area (TPSA) is 101 Å². The summed E-state index contributed by atoms with van der Waals surface area (Å²) in [6.07, 6.45) is 0. The van der Waals surface area contributed by atoms with Gasteiger partial charge < -0.3 is 10.4 Å². The zero-order valence-corrected chi connectivity index (χ0v) is 16.2. The van der Waals surface area contributed by atoms with Crippen LogP contribution >= 0.6 is 0 Å². The highest BCUT2D eigenvalue weighted by Crippen LogP contribution is 2.23. The Bertz CT molecular complexity index is 905. The number of carboxylic acids is 1. The third-order valence-corrected chi connectivity index (χ3v) is 6.57. The predicted octanol–water partition coefficient (Wildman–Crippen LogP) is 3.06. The number of carbonyl (C=O) groups is 2. The minimum Gasteiger partial charge on any atom is -0.481 e. The lowest BCUT2D eigenvalue weighted by atomic mass is 9.94. The fourth-order valence-electron chi connectivity index (χ4n) is 2.59. The van der Waals surface area contributed by atoms with Crippen molar-refractivity contribution in [1.82, 2.24) is 5.32 Å². The van der Waals surface area contributed by atoms with Gasteiger partial charge in [-0.25, -0.2) is 8.42 Å². The van der Waals surface area contributed by atoms with Gasteiger partial charge in [-0.05, 0) is 50.6 Å². The van der Waals surface area contributed by atoms with Crippen LogP contribution in [0.2, 0.25) is 0 Å². The first-order valence-corrected chi connectivity index (χ1v) is 10.1. The molecule has 0 fully saturated rings. The summed E-state index contributed by atoms with van der Waals surface area (Å²) in [6.45, 7) is 4.71. The number of carboxylic acid groups (broad SMARTS) is 1. The van der Waals surface area contributed by atoms with Crippen LogP contribution in [0.1, 0.15) is 42.7 Å². The van der Waals surface area contributed by atoms with E-state index in [9.17, 15) is 23.1 Å². The zero-order valence-electron chi connectivity index (χ0n) is 15.4. The maximum Gasteiger partial charge on any atom is 0.308 e. The number of hydrogen-bond acceptors (Lipinski definition) is 4. The normalized spacial score (nSPS) is 13.8. The molecule has 2 aromatic carbocycles. The molecule has 0 aliphatic rings. The van der Waals surface area contributed by atoms with Gasteiger partial charge in [0.25, 0.3) is 5.91 Å². The Hall–Kier alpha value is -2.67. The summed E-state index contributed by atoms with van der Waals surface area (Å²) in [7, 11) is -3.42. The lowest BCUT2D eigenvalue weighted by Crippen LogP contribution is -2.35. The van der Waals surface area contributed by atoms with Gasteiger partial charge >= 0.3 is 5.97 Å². The van der Waals surface area contributed by atoms with E-state index in [0.717, 1.165) is 0 Å². The lowest BCUT2D eigenvalue weighted by molar-refractivity contribution is -0.142. The number of sulfone groups is 1. The molecule has 0 aromatic heterocycles. The van der Waals surface area contributed by atoms with Crippen LogP contribution in [0.15, 0.2) is 59.5 Å². The first kappa shape index (κ1) is 20.6. The van der Waals surface area contributed by atoms with E-state index in [1.54, 1.807) is 38.1 Å². The summed E-state index contributed by atoms with van der Waals surface area (Å²) in [5.74, 6) is -2.33. The minimum absolute atomic E-state index is 0.146. The lowest BCUT2D eigenvalue weighted by Gasteiger charge is -2.23. The smallest absolute Gasteiger partial charge is 0.308 e. The zero-order chi connectivity index (χ0) is 20.2. The highest BCUT2D eigenvalue weighted by molar-refractivity contribution is 7.92. The second-order valence-electron chi connectivity index (χ2n) is 6.61. The standard InChI is InChI=1S/C20H23NO5S/c1-13(2)27(25,26)17-11-9-16(10-12-17)19(22)21-18(14(3)20(23)24)15-7-5-4-6-8-15/h4-14,18H,1-3H3,(H,21,22)(H,23,24). The SMILES string of the molecule is CC(C(=O)O)C(NC(=O)c1ccc(S(=O)(=O)C(C)C)cc1)c1ccccc1. The molecule has 0 aliphatic heterocycles. The summed E-state index contributed by atoms with van der Waals surface area (Å²) in [4.78, 5) is 24.2. The maximum atomic E-state index is 12.6. The highest BCUT2D eigenvalue weighted by Gasteiger charge is 2.27. The molecule has 0 spiro atoms. The van der Waals surface area contributed by atoms with Crippen molar-refractivity contribution in [2.75, 3.05) is 0 Å². The van der Waals surface area contributed by atoms with Crippen molar-refractivity contribution in [2.45, 2.75) is 37.0 Å². The van der Waals surface area contributed by atoms with E-state index in [1.165, 1.54) is 31.2 Å². The van der Waals surface area contributed by atoms with E-state index in [2.05, 4.69) is 5.32 Å². The van der Waals surface area contributed by atoms with E-state index >= 15 is 0 Å². The summed E-state index contributed by atoms with van der Waals surface area (Å²) < 4.78 is 24.3. The molecule has 0 saturated carbocycles. The van der Waals surface area contributed by atoms with Crippen molar-refractivity contribution in [3.05, 3.63) is 65.7 Å². The number of aliphatic carboxylic acids is 1. The van der Waals surface area contributed by atoms with Crippen molar-refractivity contribution in [3.8, 4) is 0 Å². The number of nitrogens with one attached hydrogen (secondary N) is 1. The predicted molar refractivity (Wildman–Crippen MR) is 102 cm³/mol. The molecule has 144 valence electrons. The van der Waals surface area contributed by atoms with Crippen LogP contribution in [0.25, 0.3) is 0 Å². The fourth-order valence-corrected chi connectivity index (χ4v) is 3.65. The third kappa shape index (κ3) is 4.74. The van der Waals surface area contributed by atoms with Crippen molar-refractivity contribution in [2.24, 2.45) is 5.92 Å². The summed E-state index contributed by atoms with van der Waals surface area (Å²) in [6, 6.07) is 13.8. The number of amides is 1. The quantitative estimate of drug-likeness (QED) is 0.758. The molecular formula is C20H23NO5S. The van der Waals surface area contributed by atoms with Gasteiger partial charge in [-0.3, -0.25) is 9.59 Å². The second-order valence-corrected chi connectivity index (χ2v) is 9.11. The summed E-state index contributed by atoms with van der Waals surface area (Å²) in [5, 5.41) is 11.5. The van der Waals surface area contributed by atoms with Gasteiger partial charge in [0.1, 0.15) is 0 Å². The Morgan fingerprint density at radius 3 is 1.96 bits per heavy atom. The molecule has 0 bridgehead atoms. The first-order chi connectivity index (χ1) is 12.6. The van der Waals surface area contributed by atoms with Crippen LogP contribution in [0.3, 0.4) is 0 Å². The molecule has 7 heteroatoms. The fraction of sp³-hybridized carbons (Fsp3) is 0.300. The van der Waals surface area contributed by atoms with Gasteiger partial charge in [0, 0.05) is 5.56 Å². The molecule has 0 saturated heterocycles. The number of benzene rings is 2. The Morgan fingerprint density at radius 1 is 0.926 bits per heavy atom. The van der Waals surface area contributed by atoms with E-state index in [-0.39, 0.29) is 10.5 Å². The van der Waals surface area contributed by atoms with Gasteiger partial charge in [0.2, 0.25) is 0 Å². The monoisotopic (exact) mass is 389 g/mol. The molecule has 1 amide bonds. The minimum atomic E-state index is -3.42. The molecule has 2 N–H and O–H groups in total. The van der Waals surface area contributed by atoms with Crippen LogP contribution in [0.5, 0.6) is 0 Å². The van der Waals surface area contributed by atoms with Crippen LogP contribution in [0.4, 0.5) is 0 Å². The van der Waals surface area contributed by atoms with Crippen molar-refractivity contribution in [3.63, 3.8) is 0 Å². The molecular weight excluding hydrogens is 366 g/mol. The Morgan fingerprint density at radius 2 is 1.48 bits per heavy atom. The van der Waals surface area contributed by atoms with Gasteiger partial charge in [-0.2, -0.15) is 0 Å². The molecule has 2 aromatic rings. The van der Waals surface area contributed by atoms with Gasteiger partial charge in [0.05, 0.1) is 22.1 Å². The van der Waals surface area contributed by atoms with Crippen LogP contribution < -0.4 is 5.32 Å². The maximum absolute atomic E-state index is 12.6. The van der Waals surface area contributed by atoms with Crippen LogP contribution in [0, 0.1) is 5.92 Å². The van der Waals surface area contributed by atoms with E-state index in [4.69, 9.17) is 0 Å².